The van der Waals surface area contributed by atoms with Crippen molar-refractivity contribution in [3.8, 4) is 0 Å². The smallest absolute Gasteiger partial charge is 0.267 e. The van der Waals surface area contributed by atoms with Crippen LogP contribution in [0.3, 0.4) is 0 Å². The average molecular weight is 376 g/mol. The van der Waals surface area contributed by atoms with Gasteiger partial charge in [0.25, 0.3) is 11.5 Å². The number of fused-ring (bicyclic) bond motifs is 1. The van der Waals surface area contributed by atoms with E-state index in [1.54, 1.807) is 24.3 Å². The summed E-state index contributed by atoms with van der Waals surface area (Å²) in [4.78, 5) is 25.0. The zero-order valence-electron chi connectivity index (χ0n) is 16.2. The molecule has 0 bridgehead atoms. The molecule has 1 aromatic heterocycles. The topological polar surface area (TPSA) is 76.3 Å². The minimum atomic E-state index is -0.435. The van der Waals surface area contributed by atoms with Crippen LogP contribution in [0.1, 0.15) is 48.7 Å². The summed E-state index contributed by atoms with van der Waals surface area (Å²) in [5.74, 6) is -0.435. The first-order chi connectivity index (χ1) is 13.6. The van der Waals surface area contributed by atoms with Crippen molar-refractivity contribution in [2.24, 2.45) is 12.1 Å². The molecule has 1 heterocycles. The minimum Gasteiger partial charge on any atom is -0.267 e. The Balaban J connectivity index is 1.91. The number of nitrogens with zero attached hydrogens (tertiary/aromatic N) is 3. The van der Waals surface area contributed by atoms with Crippen LogP contribution in [0.5, 0.6) is 0 Å². The number of hydrogen-bond acceptors (Lipinski definition) is 4. The van der Waals surface area contributed by atoms with Gasteiger partial charge in [-0.05, 0) is 24.5 Å². The van der Waals surface area contributed by atoms with E-state index in [2.05, 4.69) is 22.5 Å². The summed E-state index contributed by atoms with van der Waals surface area (Å²) in [7, 11) is 1.54. The number of aryl methyl sites for hydroxylation is 1. The van der Waals surface area contributed by atoms with Crippen LogP contribution in [-0.2, 0) is 7.05 Å². The molecule has 0 aliphatic rings. The van der Waals surface area contributed by atoms with Crippen LogP contribution in [-0.4, -0.2) is 21.4 Å². The summed E-state index contributed by atoms with van der Waals surface area (Å²) in [6, 6.07) is 16.8. The molecule has 3 rings (SSSR count). The summed E-state index contributed by atoms with van der Waals surface area (Å²) in [5.41, 5.74) is 4.39. The number of carbonyl (C=O) groups is 1. The number of hydrazone groups is 1. The first kappa shape index (κ1) is 19.5. The molecule has 3 aromatic rings. The Bertz CT molecular complexity index is 1060. The molecule has 0 atom stereocenters. The standard InChI is InChI=1S/C22H24N4O2/c1-3-4-6-15-19(16-11-7-5-8-12-16)23-24-21(27)20-17-13-9-10-14-18(17)22(28)26(2)25-20/h5,7-14H,3-4,6,15H2,1-2H3,(H,24,27)/b23-19-. The second-order valence-corrected chi connectivity index (χ2v) is 6.65. The van der Waals surface area contributed by atoms with Crippen molar-refractivity contribution in [2.75, 3.05) is 0 Å². The third-order valence-corrected chi connectivity index (χ3v) is 4.59. The molecule has 28 heavy (non-hydrogen) atoms. The fourth-order valence-electron chi connectivity index (χ4n) is 3.08. The highest BCUT2D eigenvalue weighted by Crippen LogP contribution is 2.13. The molecule has 0 spiro atoms. The predicted molar refractivity (Wildman–Crippen MR) is 112 cm³/mol. The SMILES string of the molecule is CCCCC/C(=N/NC(=O)c1nn(C)c(=O)c2ccccc12)c1ccccc1. The summed E-state index contributed by atoms with van der Waals surface area (Å²) >= 11 is 0. The van der Waals surface area contributed by atoms with Crippen LogP contribution >= 0.6 is 0 Å². The van der Waals surface area contributed by atoms with Gasteiger partial charge in [0.2, 0.25) is 0 Å². The molecule has 1 N–H and O–H groups in total. The Morgan fingerprint density at radius 2 is 1.71 bits per heavy atom. The zero-order chi connectivity index (χ0) is 19.9. The molecule has 0 fully saturated rings. The summed E-state index contributed by atoms with van der Waals surface area (Å²) < 4.78 is 1.18. The van der Waals surface area contributed by atoms with Crippen LogP contribution in [0, 0.1) is 0 Å². The van der Waals surface area contributed by atoms with E-state index in [9.17, 15) is 9.59 Å². The Morgan fingerprint density at radius 1 is 1.04 bits per heavy atom. The highest BCUT2D eigenvalue weighted by atomic mass is 16.2. The molecule has 0 aliphatic heterocycles. The fourth-order valence-corrected chi connectivity index (χ4v) is 3.08. The molecule has 1 amide bonds. The number of hydrogen-bond donors (Lipinski definition) is 1. The number of unbranched alkanes of at least 4 members (excludes halogenated alkanes) is 2. The molecule has 0 unspecified atom stereocenters. The minimum absolute atomic E-state index is 0.183. The van der Waals surface area contributed by atoms with Crippen molar-refractivity contribution in [1.29, 1.82) is 0 Å². The lowest BCUT2D eigenvalue weighted by atomic mass is 10.0. The molecule has 144 valence electrons. The van der Waals surface area contributed by atoms with Gasteiger partial charge in [-0.15, -0.1) is 0 Å². The van der Waals surface area contributed by atoms with Gasteiger partial charge in [-0.1, -0.05) is 68.3 Å². The number of rotatable bonds is 7. The first-order valence-electron chi connectivity index (χ1n) is 9.50. The predicted octanol–water partition coefficient (Wildman–Crippen LogP) is 3.65. The van der Waals surface area contributed by atoms with Gasteiger partial charge in [0.1, 0.15) is 0 Å². The van der Waals surface area contributed by atoms with Gasteiger partial charge in [0, 0.05) is 12.4 Å². The van der Waals surface area contributed by atoms with Crippen molar-refractivity contribution >= 4 is 22.4 Å². The van der Waals surface area contributed by atoms with Gasteiger partial charge in [0.05, 0.1) is 11.1 Å². The van der Waals surface area contributed by atoms with E-state index in [0.29, 0.717) is 10.8 Å². The molecule has 0 saturated heterocycles. The van der Waals surface area contributed by atoms with Gasteiger partial charge >= 0.3 is 0 Å². The van der Waals surface area contributed by atoms with E-state index in [-0.39, 0.29) is 11.3 Å². The van der Waals surface area contributed by atoms with Crippen molar-refractivity contribution in [1.82, 2.24) is 15.2 Å². The third-order valence-electron chi connectivity index (χ3n) is 4.59. The van der Waals surface area contributed by atoms with Crippen LogP contribution in [0.2, 0.25) is 0 Å². The lowest BCUT2D eigenvalue weighted by Gasteiger charge is -2.09. The highest BCUT2D eigenvalue weighted by Gasteiger charge is 2.15. The first-order valence-corrected chi connectivity index (χ1v) is 9.50. The maximum absolute atomic E-state index is 12.8. The van der Waals surface area contributed by atoms with Gasteiger partial charge < -0.3 is 0 Å². The number of aromatic nitrogens is 2. The number of benzene rings is 2. The zero-order valence-corrected chi connectivity index (χ0v) is 16.2. The van der Waals surface area contributed by atoms with Crippen molar-refractivity contribution < 1.29 is 4.79 Å². The van der Waals surface area contributed by atoms with Crippen molar-refractivity contribution in [3.63, 3.8) is 0 Å². The molecule has 0 aliphatic carbocycles. The van der Waals surface area contributed by atoms with Crippen molar-refractivity contribution in [2.45, 2.75) is 32.6 Å². The highest BCUT2D eigenvalue weighted by molar-refractivity contribution is 6.06. The Morgan fingerprint density at radius 3 is 2.43 bits per heavy atom. The van der Waals surface area contributed by atoms with Crippen LogP contribution in [0.25, 0.3) is 10.8 Å². The summed E-state index contributed by atoms with van der Waals surface area (Å²) in [6.45, 7) is 2.15. The lowest BCUT2D eigenvalue weighted by Crippen LogP contribution is -2.27. The van der Waals surface area contributed by atoms with Crippen LogP contribution in [0.15, 0.2) is 64.5 Å². The summed E-state index contributed by atoms with van der Waals surface area (Å²) in [5, 5.41) is 9.52. The van der Waals surface area contributed by atoms with Gasteiger partial charge in [-0.3, -0.25) is 9.59 Å². The molecular formula is C22H24N4O2. The summed E-state index contributed by atoms with van der Waals surface area (Å²) in [6.07, 6.45) is 4.00. The van der Waals surface area contributed by atoms with E-state index in [1.807, 2.05) is 30.3 Å². The number of amides is 1. The van der Waals surface area contributed by atoms with Crippen LogP contribution < -0.4 is 11.0 Å². The fraction of sp³-hybridized carbons (Fsp3) is 0.273. The second kappa shape index (κ2) is 9.08. The van der Waals surface area contributed by atoms with Gasteiger partial charge in [-0.25, -0.2) is 10.1 Å². The molecule has 6 nitrogen and oxygen atoms in total. The molecular weight excluding hydrogens is 352 g/mol. The number of nitrogens with one attached hydrogen (secondary N) is 1. The van der Waals surface area contributed by atoms with E-state index in [4.69, 9.17) is 0 Å². The Kier molecular flexibility index (Phi) is 6.32. The molecule has 6 heteroatoms. The van der Waals surface area contributed by atoms with Crippen LogP contribution in [0.4, 0.5) is 0 Å². The second-order valence-electron chi connectivity index (χ2n) is 6.65. The van der Waals surface area contributed by atoms with Crippen molar-refractivity contribution in [3.05, 3.63) is 76.2 Å². The van der Waals surface area contributed by atoms with E-state index < -0.39 is 5.91 Å². The normalized spacial score (nSPS) is 11.6. The largest absolute Gasteiger partial charge is 0.292 e. The monoisotopic (exact) mass is 376 g/mol. The maximum atomic E-state index is 12.8. The quantitative estimate of drug-likeness (QED) is 0.388. The molecule has 0 radical (unpaired) electrons. The average Bonchev–Trinajstić information content (AvgIpc) is 2.73. The third kappa shape index (κ3) is 4.34. The molecule has 2 aromatic carbocycles. The molecule has 0 saturated carbocycles. The Hall–Kier alpha value is -3.28. The Labute approximate surface area is 163 Å². The van der Waals surface area contributed by atoms with Gasteiger partial charge in [0.15, 0.2) is 5.69 Å². The van der Waals surface area contributed by atoms with Gasteiger partial charge in [-0.2, -0.15) is 10.2 Å². The number of carbonyl (C=O) groups excluding carboxylic acids is 1. The van der Waals surface area contributed by atoms with E-state index in [0.717, 1.165) is 37.0 Å². The lowest BCUT2D eigenvalue weighted by molar-refractivity contribution is 0.0949. The maximum Gasteiger partial charge on any atom is 0.292 e. The van der Waals surface area contributed by atoms with E-state index in [1.165, 1.54) is 11.7 Å². The van der Waals surface area contributed by atoms with E-state index >= 15 is 0 Å².